The maximum absolute atomic E-state index is 14.1. The number of sulfonamides is 1. The molecule has 208 valence electrons. The van der Waals surface area contributed by atoms with E-state index >= 15 is 0 Å². The van der Waals surface area contributed by atoms with E-state index in [-0.39, 0.29) is 12.5 Å². The molecule has 7 nitrogen and oxygen atoms in total. The Bertz CT molecular complexity index is 1370. The minimum absolute atomic E-state index is 0.159. The number of rotatable bonds is 13. The number of anilines is 1. The largest absolute Gasteiger partial charge is 0.354 e. The number of benzene rings is 3. The lowest BCUT2D eigenvalue weighted by Gasteiger charge is -2.33. The molecule has 1 N–H and O–H groups in total. The average molecular weight is 615 g/mol. The molecule has 0 aliphatic heterocycles. The Kier molecular flexibility index (Phi) is 11.1. The van der Waals surface area contributed by atoms with Gasteiger partial charge in [-0.1, -0.05) is 85.6 Å². The standard InChI is InChI=1S/C30H36BrN3O4S/c1-4-5-18-32-30(36)28(20-24-13-7-6-8-14-24)33(21-25-15-11-12-23(2)19-25)29(35)22-34(39(3,37)38)27-17-10-9-16-26(27)31/h6-17,19,28H,4-5,18,20-22H2,1-3H3,(H,32,36). The van der Waals surface area contributed by atoms with Gasteiger partial charge in [0.2, 0.25) is 21.8 Å². The van der Waals surface area contributed by atoms with E-state index in [4.69, 9.17) is 0 Å². The monoisotopic (exact) mass is 613 g/mol. The maximum atomic E-state index is 14.1. The first-order valence-electron chi connectivity index (χ1n) is 13.0. The van der Waals surface area contributed by atoms with E-state index in [1.807, 2.05) is 68.4 Å². The number of aryl methyl sites for hydroxylation is 1. The lowest BCUT2D eigenvalue weighted by molar-refractivity contribution is -0.140. The first kappa shape index (κ1) is 30.4. The summed E-state index contributed by atoms with van der Waals surface area (Å²) in [5.41, 5.74) is 3.14. The van der Waals surface area contributed by atoms with Crippen molar-refractivity contribution >= 4 is 43.5 Å². The smallest absolute Gasteiger partial charge is 0.244 e. The number of para-hydroxylation sites is 1. The van der Waals surface area contributed by atoms with Crippen LogP contribution in [0.1, 0.15) is 36.5 Å². The van der Waals surface area contributed by atoms with E-state index in [1.54, 1.807) is 24.3 Å². The van der Waals surface area contributed by atoms with Crippen LogP contribution in [-0.4, -0.2) is 50.5 Å². The maximum Gasteiger partial charge on any atom is 0.244 e. The Labute approximate surface area is 240 Å². The number of nitrogens with one attached hydrogen (secondary N) is 1. The zero-order valence-electron chi connectivity index (χ0n) is 22.6. The highest BCUT2D eigenvalue weighted by Crippen LogP contribution is 2.28. The fourth-order valence-corrected chi connectivity index (χ4v) is 5.79. The van der Waals surface area contributed by atoms with Gasteiger partial charge in [0.15, 0.2) is 0 Å². The van der Waals surface area contributed by atoms with E-state index in [0.29, 0.717) is 23.1 Å². The van der Waals surface area contributed by atoms with Gasteiger partial charge >= 0.3 is 0 Å². The second kappa shape index (κ2) is 14.3. The number of amides is 2. The molecule has 39 heavy (non-hydrogen) atoms. The zero-order valence-corrected chi connectivity index (χ0v) is 25.0. The molecular weight excluding hydrogens is 578 g/mol. The predicted octanol–water partition coefficient (Wildman–Crippen LogP) is 5.08. The van der Waals surface area contributed by atoms with E-state index in [2.05, 4.69) is 21.2 Å². The number of hydrogen-bond acceptors (Lipinski definition) is 4. The highest BCUT2D eigenvalue weighted by Gasteiger charge is 2.33. The lowest BCUT2D eigenvalue weighted by Crippen LogP contribution is -2.53. The number of nitrogens with zero attached hydrogens (tertiary/aromatic N) is 2. The van der Waals surface area contributed by atoms with Gasteiger partial charge in [0.05, 0.1) is 11.9 Å². The molecule has 0 fully saturated rings. The summed E-state index contributed by atoms with van der Waals surface area (Å²) in [5, 5.41) is 2.99. The van der Waals surface area contributed by atoms with Gasteiger partial charge in [-0.15, -0.1) is 0 Å². The highest BCUT2D eigenvalue weighted by atomic mass is 79.9. The molecule has 0 aliphatic rings. The molecule has 1 atom stereocenters. The number of hydrogen-bond donors (Lipinski definition) is 1. The first-order valence-corrected chi connectivity index (χ1v) is 15.6. The number of carbonyl (C=O) groups excluding carboxylic acids is 2. The molecule has 9 heteroatoms. The Morgan fingerprint density at radius 3 is 2.26 bits per heavy atom. The summed E-state index contributed by atoms with van der Waals surface area (Å²) < 4.78 is 27.4. The van der Waals surface area contributed by atoms with Gasteiger partial charge in [-0.25, -0.2) is 8.42 Å². The number of halogens is 1. The van der Waals surface area contributed by atoms with Gasteiger partial charge in [-0.2, -0.15) is 0 Å². The Morgan fingerprint density at radius 1 is 0.949 bits per heavy atom. The van der Waals surface area contributed by atoms with Crippen LogP contribution in [-0.2, 0) is 32.6 Å². The van der Waals surface area contributed by atoms with E-state index in [1.165, 1.54) is 4.90 Å². The van der Waals surface area contributed by atoms with Crippen LogP contribution in [0.25, 0.3) is 0 Å². The second-order valence-electron chi connectivity index (χ2n) is 9.58. The van der Waals surface area contributed by atoms with Crippen molar-refractivity contribution in [2.75, 3.05) is 23.7 Å². The van der Waals surface area contributed by atoms with Gasteiger partial charge in [0.1, 0.15) is 12.6 Å². The summed E-state index contributed by atoms with van der Waals surface area (Å²) in [6, 6.07) is 23.3. The molecule has 0 bridgehead atoms. The van der Waals surface area contributed by atoms with Crippen LogP contribution >= 0.6 is 15.9 Å². The second-order valence-corrected chi connectivity index (χ2v) is 12.3. The van der Waals surface area contributed by atoms with Gasteiger partial charge in [0.25, 0.3) is 0 Å². The Hall–Kier alpha value is -3.17. The summed E-state index contributed by atoms with van der Waals surface area (Å²) in [5.74, 6) is -0.732. The number of carbonyl (C=O) groups is 2. The van der Waals surface area contributed by atoms with E-state index in [9.17, 15) is 18.0 Å². The summed E-state index contributed by atoms with van der Waals surface area (Å²) in [6.45, 7) is 4.22. The highest BCUT2D eigenvalue weighted by molar-refractivity contribution is 9.10. The fraction of sp³-hybridized carbons (Fsp3) is 0.333. The third kappa shape index (κ3) is 8.93. The van der Waals surface area contributed by atoms with Gasteiger partial charge in [0, 0.05) is 24.0 Å². The molecule has 0 saturated carbocycles. The summed E-state index contributed by atoms with van der Waals surface area (Å²) in [4.78, 5) is 29.2. The van der Waals surface area contributed by atoms with Crippen LogP contribution in [0.15, 0.2) is 83.3 Å². The van der Waals surface area contributed by atoms with Crippen LogP contribution in [0, 0.1) is 6.92 Å². The van der Waals surface area contributed by atoms with Crippen molar-refractivity contribution < 1.29 is 18.0 Å². The molecule has 1 unspecified atom stereocenters. The zero-order chi connectivity index (χ0) is 28.4. The van der Waals surface area contributed by atoms with Crippen LogP contribution in [0.2, 0.25) is 0 Å². The SMILES string of the molecule is CCCCNC(=O)C(Cc1ccccc1)N(Cc1cccc(C)c1)C(=O)CN(c1ccccc1Br)S(C)(=O)=O. The molecule has 0 radical (unpaired) electrons. The fourth-order valence-electron chi connectivity index (χ4n) is 4.32. The molecule has 3 aromatic rings. The molecule has 3 rings (SSSR count). The quantitative estimate of drug-likeness (QED) is 0.272. The number of unbranched alkanes of at least 4 members (excludes halogenated alkanes) is 1. The third-order valence-electron chi connectivity index (χ3n) is 6.34. The minimum Gasteiger partial charge on any atom is -0.354 e. The molecule has 0 aromatic heterocycles. The Morgan fingerprint density at radius 2 is 1.62 bits per heavy atom. The first-order chi connectivity index (χ1) is 18.6. The van der Waals surface area contributed by atoms with Crippen molar-refractivity contribution in [2.45, 2.75) is 45.7 Å². The summed E-state index contributed by atoms with van der Waals surface area (Å²) >= 11 is 3.41. The average Bonchev–Trinajstić information content (AvgIpc) is 2.90. The van der Waals surface area contributed by atoms with Gasteiger partial charge in [-0.05, 0) is 52.5 Å². The van der Waals surface area contributed by atoms with Crippen LogP contribution in [0.5, 0.6) is 0 Å². The van der Waals surface area contributed by atoms with Crippen LogP contribution < -0.4 is 9.62 Å². The minimum atomic E-state index is -3.82. The third-order valence-corrected chi connectivity index (χ3v) is 8.13. The van der Waals surface area contributed by atoms with Crippen molar-refractivity contribution in [3.8, 4) is 0 Å². The predicted molar refractivity (Wildman–Crippen MR) is 160 cm³/mol. The normalized spacial score (nSPS) is 12.0. The van der Waals surface area contributed by atoms with Crippen molar-refractivity contribution in [1.82, 2.24) is 10.2 Å². The molecule has 3 aromatic carbocycles. The van der Waals surface area contributed by atoms with Crippen molar-refractivity contribution in [3.05, 3.63) is 100 Å². The van der Waals surface area contributed by atoms with Gasteiger partial charge in [-0.3, -0.25) is 13.9 Å². The van der Waals surface area contributed by atoms with Crippen LogP contribution in [0.3, 0.4) is 0 Å². The van der Waals surface area contributed by atoms with Crippen molar-refractivity contribution in [2.24, 2.45) is 0 Å². The van der Waals surface area contributed by atoms with E-state index < -0.39 is 28.5 Å². The molecule has 0 spiro atoms. The molecule has 0 aliphatic carbocycles. The van der Waals surface area contributed by atoms with Crippen molar-refractivity contribution in [3.63, 3.8) is 0 Å². The lowest BCUT2D eigenvalue weighted by atomic mass is 10.0. The Balaban J connectivity index is 2.04. The topological polar surface area (TPSA) is 86.8 Å². The molecule has 0 heterocycles. The molecular formula is C30H36BrN3O4S. The molecule has 2 amide bonds. The molecule has 0 saturated heterocycles. The van der Waals surface area contributed by atoms with Crippen LogP contribution in [0.4, 0.5) is 5.69 Å². The van der Waals surface area contributed by atoms with E-state index in [0.717, 1.165) is 40.1 Å². The summed E-state index contributed by atoms with van der Waals surface area (Å²) in [6.07, 6.45) is 3.11. The van der Waals surface area contributed by atoms with Crippen molar-refractivity contribution in [1.29, 1.82) is 0 Å². The summed E-state index contributed by atoms with van der Waals surface area (Å²) in [7, 11) is -3.82. The van der Waals surface area contributed by atoms with Gasteiger partial charge < -0.3 is 10.2 Å².